The summed E-state index contributed by atoms with van der Waals surface area (Å²) in [6, 6.07) is 11.8. The fourth-order valence-corrected chi connectivity index (χ4v) is 2.80. The molecule has 0 bridgehead atoms. The lowest BCUT2D eigenvalue weighted by Crippen LogP contribution is -2.27. The van der Waals surface area contributed by atoms with Crippen molar-refractivity contribution < 1.29 is 28.9 Å². The summed E-state index contributed by atoms with van der Waals surface area (Å²) in [4.78, 5) is 22.7. The highest BCUT2D eigenvalue weighted by Gasteiger charge is 2.19. The van der Waals surface area contributed by atoms with Gasteiger partial charge in [-0.1, -0.05) is 23.7 Å². The van der Waals surface area contributed by atoms with Crippen LogP contribution < -0.4 is 10.1 Å². The first-order valence-electron chi connectivity index (χ1n) is 8.64. The molecule has 7 nitrogen and oxygen atoms in total. The second-order valence-electron chi connectivity index (χ2n) is 5.75. The van der Waals surface area contributed by atoms with E-state index in [2.05, 4.69) is 10.1 Å². The van der Waals surface area contributed by atoms with Gasteiger partial charge >= 0.3 is 12.1 Å². The van der Waals surface area contributed by atoms with Crippen molar-refractivity contribution in [3.63, 3.8) is 0 Å². The normalized spacial score (nSPS) is 11.5. The zero-order chi connectivity index (χ0) is 20.5. The first-order valence-corrected chi connectivity index (χ1v) is 9.02. The van der Waals surface area contributed by atoms with Crippen LogP contribution in [0, 0.1) is 0 Å². The third-order valence-electron chi connectivity index (χ3n) is 3.78. The van der Waals surface area contributed by atoms with Gasteiger partial charge in [-0.25, -0.2) is 9.59 Å². The third-order valence-corrected chi connectivity index (χ3v) is 4.02. The SMILES string of the molecule is CCOc1cc(C(=O)O)cc(C(OCCNC(=O)OC)c2cccc(Cl)c2)c1. The van der Waals surface area contributed by atoms with E-state index in [0.29, 0.717) is 22.9 Å². The van der Waals surface area contributed by atoms with E-state index in [-0.39, 0.29) is 18.7 Å². The van der Waals surface area contributed by atoms with Gasteiger partial charge in [0.05, 0.1) is 25.9 Å². The van der Waals surface area contributed by atoms with Crippen LogP contribution in [0.2, 0.25) is 5.02 Å². The topological polar surface area (TPSA) is 94.1 Å². The quantitative estimate of drug-likeness (QED) is 0.612. The molecule has 28 heavy (non-hydrogen) atoms. The van der Waals surface area contributed by atoms with Gasteiger partial charge in [-0.05, 0) is 48.4 Å². The largest absolute Gasteiger partial charge is 0.494 e. The van der Waals surface area contributed by atoms with Crippen molar-refractivity contribution >= 4 is 23.7 Å². The van der Waals surface area contributed by atoms with E-state index in [9.17, 15) is 14.7 Å². The average molecular weight is 408 g/mol. The van der Waals surface area contributed by atoms with Gasteiger partial charge in [-0.3, -0.25) is 0 Å². The number of halogens is 1. The molecule has 0 radical (unpaired) electrons. The maximum atomic E-state index is 11.5. The average Bonchev–Trinajstić information content (AvgIpc) is 2.67. The number of carbonyl (C=O) groups is 2. The number of carbonyl (C=O) groups excluding carboxylic acids is 1. The molecule has 2 rings (SSSR count). The molecule has 0 aliphatic heterocycles. The Bertz CT molecular complexity index is 826. The van der Waals surface area contributed by atoms with Gasteiger partial charge < -0.3 is 24.6 Å². The maximum Gasteiger partial charge on any atom is 0.406 e. The summed E-state index contributed by atoms with van der Waals surface area (Å²) in [5, 5.41) is 12.5. The molecule has 0 aromatic heterocycles. The van der Waals surface area contributed by atoms with Crippen molar-refractivity contribution in [3.8, 4) is 5.75 Å². The van der Waals surface area contributed by atoms with E-state index in [1.54, 1.807) is 24.3 Å². The van der Waals surface area contributed by atoms with E-state index in [0.717, 1.165) is 5.56 Å². The minimum Gasteiger partial charge on any atom is -0.494 e. The first-order chi connectivity index (χ1) is 13.4. The molecule has 0 heterocycles. The highest BCUT2D eigenvalue weighted by molar-refractivity contribution is 6.30. The number of methoxy groups -OCH3 is 1. The first kappa shape index (κ1) is 21.5. The van der Waals surface area contributed by atoms with Gasteiger partial charge in [0.25, 0.3) is 0 Å². The van der Waals surface area contributed by atoms with Gasteiger partial charge in [-0.15, -0.1) is 0 Å². The standard InChI is InChI=1S/C20H22ClNO6/c1-3-27-17-11-14(9-15(12-17)19(23)24)18(13-5-4-6-16(21)10-13)28-8-7-22-20(25)26-2/h4-6,9-12,18H,3,7-8H2,1-2H3,(H,22,25)(H,23,24). The van der Waals surface area contributed by atoms with E-state index in [1.165, 1.54) is 19.2 Å². The lowest BCUT2D eigenvalue weighted by molar-refractivity contribution is 0.0692. The monoisotopic (exact) mass is 407 g/mol. The highest BCUT2D eigenvalue weighted by atomic mass is 35.5. The summed E-state index contributed by atoms with van der Waals surface area (Å²) < 4.78 is 16.0. The number of hydrogen-bond donors (Lipinski definition) is 2. The van der Waals surface area contributed by atoms with Crippen molar-refractivity contribution in [1.82, 2.24) is 5.32 Å². The van der Waals surface area contributed by atoms with Crippen molar-refractivity contribution in [3.05, 3.63) is 64.2 Å². The summed E-state index contributed by atoms with van der Waals surface area (Å²) in [5.74, 6) is -0.638. The van der Waals surface area contributed by atoms with Crippen LogP contribution in [0.1, 0.15) is 34.5 Å². The van der Waals surface area contributed by atoms with Crippen LogP contribution in [0.25, 0.3) is 0 Å². The Hall–Kier alpha value is -2.77. The lowest BCUT2D eigenvalue weighted by atomic mass is 9.99. The molecule has 8 heteroatoms. The smallest absolute Gasteiger partial charge is 0.406 e. The molecule has 2 N–H and O–H groups in total. The van der Waals surface area contributed by atoms with Gasteiger partial charge in [0.2, 0.25) is 0 Å². The molecule has 0 aliphatic carbocycles. The van der Waals surface area contributed by atoms with Crippen LogP contribution in [0.15, 0.2) is 42.5 Å². The molecule has 0 saturated heterocycles. The predicted octanol–water partition coefficient (Wildman–Crippen LogP) is 3.90. The molecule has 1 atom stereocenters. The number of alkyl carbamates (subject to hydrolysis) is 1. The van der Waals surface area contributed by atoms with E-state index in [1.807, 2.05) is 13.0 Å². The van der Waals surface area contributed by atoms with Crippen LogP contribution >= 0.6 is 11.6 Å². The van der Waals surface area contributed by atoms with Crippen molar-refractivity contribution in [2.45, 2.75) is 13.0 Å². The second kappa shape index (κ2) is 10.5. The maximum absolute atomic E-state index is 11.5. The van der Waals surface area contributed by atoms with E-state index in [4.69, 9.17) is 21.1 Å². The van der Waals surface area contributed by atoms with Crippen molar-refractivity contribution in [2.24, 2.45) is 0 Å². The fourth-order valence-electron chi connectivity index (χ4n) is 2.60. The van der Waals surface area contributed by atoms with Crippen LogP contribution in [0.3, 0.4) is 0 Å². The summed E-state index contributed by atoms with van der Waals surface area (Å²) >= 11 is 6.11. The zero-order valence-electron chi connectivity index (χ0n) is 15.6. The Morgan fingerprint density at radius 1 is 1.18 bits per heavy atom. The summed E-state index contributed by atoms with van der Waals surface area (Å²) in [6.45, 7) is 2.61. The third kappa shape index (κ3) is 6.14. The molecule has 1 unspecified atom stereocenters. The molecule has 0 aliphatic rings. The molecule has 150 valence electrons. The molecule has 0 fully saturated rings. The summed E-state index contributed by atoms with van der Waals surface area (Å²) in [7, 11) is 1.28. The summed E-state index contributed by atoms with van der Waals surface area (Å²) in [5.41, 5.74) is 1.43. The van der Waals surface area contributed by atoms with Crippen molar-refractivity contribution in [2.75, 3.05) is 26.9 Å². The molecular weight excluding hydrogens is 386 g/mol. The lowest BCUT2D eigenvalue weighted by Gasteiger charge is -2.21. The Kier molecular flexibility index (Phi) is 8.10. The fraction of sp³-hybridized carbons (Fsp3) is 0.300. The molecule has 0 spiro atoms. The van der Waals surface area contributed by atoms with Gasteiger partial charge in [0.1, 0.15) is 11.9 Å². The number of amides is 1. The Morgan fingerprint density at radius 3 is 2.61 bits per heavy atom. The van der Waals surface area contributed by atoms with Gasteiger partial charge in [0, 0.05) is 11.6 Å². The Morgan fingerprint density at radius 2 is 1.96 bits per heavy atom. The molecule has 0 saturated carbocycles. The summed E-state index contributed by atoms with van der Waals surface area (Å²) in [6.07, 6.45) is -1.16. The number of nitrogens with one attached hydrogen (secondary N) is 1. The number of carboxylic acids is 1. The van der Waals surface area contributed by atoms with E-state index >= 15 is 0 Å². The number of benzene rings is 2. The van der Waals surface area contributed by atoms with Gasteiger partial charge in [0.15, 0.2) is 0 Å². The van der Waals surface area contributed by atoms with Crippen LogP contribution in [-0.2, 0) is 9.47 Å². The minimum absolute atomic E-state index is 0.0873. The zero-order valence-corrected chi connectivity index (χ0v) is 16.4. The minimum atomic E-state index is -1.07. The number of hydrogen-bond acceptors (Lipinski definition) is 5. The van der Waals surface area contributed by atoms with Crippen LogP contribution in [-0.4, -0.2) is 44.0 Å². The highest BCUT2D eigenvalue weighted by Crippen LogP contribution is 2.31. The van der Waals surface area contributed by atoms with E-state index < -0.39 is 18.2 Å². The molecule has 2 aromatic rings. The Labute approximate surface area is 168 Å². The number of carboxylic acid groups (broad SMARTS) is 1. The molecular formula is C20H22ClNO6. The number of aromatic carboxylic acids is 1. The Balaban J connectivity index is 2.34. The van der Waals surface area contributed by atoms with Gasteiger partial charge in [-0.2, -0.15) is 0 Å². The number of ether oxygens (including phenoxy) is 3. The number of rotatable bonds is 9. The van der Waals surface area contributed by atoms with Crippen LogP contribution in [0.4, 0.5) is 4.79 Å². The van der Waals surface area contributed by atoms with Crippen LogP contribution in [0.5, 0.6) is 5.75 Å². The predicted molar refractivity (Wildman–Crippen MR) is 104 cm³/mol. The molecule has 1 amide bonds. The van der Waals surface area contributed by atoms with Crippen molar-refractivity contribution in [1.29, 1.82) is 0 Å². The molecule has 2 aromatic carbocycles. The second-order valence-corrected chi connectivity index (χ2v) is 6.19.